The molecular formula is C39H41N3O11S. The topological polar surface area (TPSA) is 218 Å². The first kappa shape index (κ1) is 41.5. The fourth-order valence-electron chi connectivity index (χ4n) is 5.70. The zero-order chi connectivity index (χ0) is 39.3. The maximum atomic E-state index is 13.1. The number of nitrogens with one attached hydrogen (secondary N) is 3. The van der Waals surface area contributed by atoms with Crippen LogP contribution in [0.15, 0.2) is 66.7 Å². The number of benzene rings is 2. The van der Waals surface area contributed by atoms with Gasteiger partial charge < -0.3 is 40.7 Å². The largest absolute Gasteiger partial charge is 0.391 e. The lowest BCUT2D eigenvalue weighted by atomic mass is 9.87. The van der Waals surface area contributed by atoms with Gasteiger partial charge >= 0.3 is 0 Å². The predicted molar refractivity (Wildman–Crippen MR) is 196 cm³/mol. The van der Waals surface area contributed by atoms with E-state index in [0.29, 0.717) is 17.4 Å². The minimum Gasteiger partial charge on any atom is -0.391 e. The summed E-state index contributed by atoms with van der Waals surface area (Å²) in [6, 6.07) is 22.3. The van der Waals surface area contributed by atoms with Crippen LogP contribution in [-0.4, -0.2) is 117 Å². The number of hydrogen-bond acceptors (Lipinski definition) is 11. The lowest BCUT2D eigenvalue weighted by molar-refractivity contribution is -0.299. The van der Waals surface area contributed by atoms with Crippen LogP contribution in [-0.2, 0) is 29.9 Å². The Hall–Kier alpha value is -5.26. The van der Waals surface area contributed by atoms with Gasteiger partial charge in [0.2, 0.25) is 11.7 Å². The zero-order valence-electron chi connectivity index (χ0n) is 29.4. The van der Waals surface area contributed by atoms with Crippen molar-refractivity contribution in [2.75, 3.05) is 31.2 Å². The first-order valence-corrected chi connectivity index (χ1v) is 18.4. The number of aliphatic hydroxyl groups excluding tert-OH is 3. The van der Waals surface area contributed by atoms with Crippen LogP contribution >= 0.6 is 0 Å². The number of Topliss-reactive ketones (excluding diaryl/α,β-unsaturated/α-hetero) is 1. The molecule has 3 aromatic rings. The van der Waals surface area contributed by atoms with Crippen molar-refractivity contribution in [1.29, 1.82) is 0 Å². The number of carbonyl (C=O) groups excluding carboxylic acids is 5. The summed E-state index contributed by atoms with van der Waals surface area (Å²) in [7, 11) is -1.41. The molecule has 1 aliphatic rings. The highest BCUT2D eigenvalue weighted by molar-refractivity contribution is 7.85. The minimum absolute atomic E-state index is 0.0953. The summed E-state index contributed by atoms with van der Waals surface area (Å²) < 4.78 is 24.3. The zero-order valence-corrected chi connectivity index (χ0v) is 30.2. The summed E-state index contributed by atoms with van der Waals surface area (Å²) in [6.45, 7) is 0.550. The molecule has 3 aromatic carbocycles. The van der Waals surface area contributed by atoms with Crippen LogP contribution in [0.3, 0.4) is 0 Å². The second-order valence-electron chi connectivity index (χ2n) is 12.4. The third-order valence-corrected chi connectivity index (χ3v) is 9.94. The Bertz CT molecular complexity index is 1830. The van der Waals surface area contributed by atoms with Gasteiger partial charge in [-0.2, -0.15) is 0 Å². The van der Waals surface area contributed by atoms with Gasteiger partial charge in [0.25, 0.3) is 17.6 Å². The normalized spacial score (nSPS) is 20.9. The van der Waals surface area contributed by atoms with Gasteiger partial charge in [-0.15, -0.1) is 6.42 Å². The first-order valence-electron chi connectivity index (χ1n) is 17.0. The highest BCUT2D eigenvalue weighted by atomic mass is 32.2. The number of terminal acetylenes is 1. The van der Waals surface area contributed by atoms with E-state index in [1.165, 1.54) is 24.3 Å². The van der Waals surface area contributed by atoms with Gasteiger partial charge in [-0.3, -0.25) is 28.2 Å². The van der Waals surface area contributed by atoms with Crippen LogP contribution in [0.1, 0.15) is 50.8 Å². The van der Waals surface area contributed by atoms with Crippen LogP contribution < -0.4 is 16.0 Å². The fraction of sp³-hybridized carbons (Fsp3) is 0.359. The molecule has 0 aliphatic carbocycles. The summed E-state index contributed by atoms with van der Waals surface area (Å²) in [5.41, 5.74) is 2.74. The van der Waals surface area contributed by atoms with Crippen LogP contribution in [0, 0.1) is 24.5 Å². The number of hydrogen-bond donors (Lipinski definition) is 6. The van der Waals surface area contributed by atoms with Crippen LogP contribution in [0.5, 0.6) is 0 Å². The molecule has 0 radical (unpaired) electrons. The second-order valence-corrected chi connectivity index (χ2v) is 14.1. The molecule has 1 heterocycles. The molecule has 7 unspecified atom stereocenters. The Morgan fingerprint density at radius 3 is 2.30 bits per heavy atom. The van der Waals surface area contributed by atoms with E-state index in [2.05, 4.69) is 28.1 Å². The summed E-state index contributed by atoms with van der Waals surface area (Å²) in [5.74, 6) is -2.79. The van der Waals surface area contributed by atoms with E-state index in [1.807, 2.05) is 12.0 Å². The van der Waals surface area contributed by atoms with E-state index >= 15 is 0 Å². The van der Waals surface area contributed by atoms with Crippen molar-refractivity contribution in [3.05, 3.63) is 95.6 Å². The van der Waals surface area contributed by atoms with Gasteiger partial charge in [-0.25, -0.2) is 0 Å². The Labute approximate surface area is 315 Å². The molecule has 4 rings (SSSR count). The lowest BCUT2D eigenvalue weighted by Gasteiger charge is -2.47. The van der Waals surface area contributed by atoms with E-state index in [4.69, 9.17) is 15.9 Å². The molecule has 15 heteroatoms. The molecule has 0 spiro atoms. The van der Waals surface area contributed by atoms with Crippen molar-refractivity contribution in [3.8, 4) is 23.5 Å². The molecule has 1 aliphatic heterocycles. The first-order chi connectivity index (χ1) is 25.9. The molecule has 0 aromatic heterocycles. The van der Waals surface area contributed by atoms with Crippen LogP contribution in [0.25, 0.3) is 11.1 Å². The van der Waals surface area contributed by atoms with Crippen molar-refractivity contribution in [2.24, 2.45) is 0 Å². The number of aliphatic hydroxyl groups is 3. The van der Waals surface area contributed by atoms with Gasteiger partial charge in [-0.1, -0.05) is 36.4 Å². The van der Waals surface area contributed by atoms with Crippen molar-refractivity contribution in [1.82, 2.24) is 16.0 Å². The monoisotopic (exact) mass is 759 g/mol. The van der Waals surface area contributed by atoms with E-state index in [1.54, 1.807) is 36.4 Å². The molecule has 0 bridgehead atoms. The van der Waals surface area contributed by atoms with Crippen LogP contribution in [0.2, 0.25) is 0 Å². The Balaban J connectivity index is 1.34. The third-order valence-electron chi connectivity index (χ3n) is 8.54. The smallest absolute Gasteiger partial charge is 0.264 e. The Morgan fingerprint density at radius 1 is 1.02 bits per heavy atom. The van der Waals surface area contributed by atoms with Crippen molar-refractivity contribution in [3.63, 3.8) is 0 Å². The van der Waals surface area contributed by atoms with Crippen molar-refractivity contribution < 1.29 is 53.0 Å². The lowest BCUT2D eigenvalue weighted by Crippen LogP contribution is -2.68. The number of ether oxygens (including phenoxy) is 2. The van der Waals surface area contributed by atoms with E-state index in [0.717, 1.165) is 18.1 Å². The molecule has 1 fully saturated rings. The standard InChI is InChI=1S/C39H41N3O11S/c1-3-33(47)39(52-19-7-20-54(51)21-18-40-37(49)29-12-10-26(24-43)11-13-29)22-31(45)34(42-25(2)44)36(53-39)35(48)32(46)23-41-38(50)30-16-14-28(15-17-30)27-8-5-4-6-9-27/h1,5,8-17,24,31-32,34-36,45-46,48H,7,18-23H2,2H3,(H,40,49)(H,41,50)(H,42,44). The van der Waals surface area contributed by atoms with Crippen LogP contribution in [0.4, 0.5) is 0 Å². The minimum atomic E-state index is -2.30. The molecule has 284 valence electrons. The average Bonchev–Trinajstić information content (AvgIpc) is 3.18. The quantitative estimate of drug-likeness (QED) is 0.0450. The third kappa shape index (κ3) is 11.1. The molecule has 7 atom stereocenters. The Kier molecular flexibility index (Phi) is 15.1. The van der Waals surface area contributed by atoms with Crippen molar-refractivity contribution in [2.45, 2.75) is 56.0 Å². The predicted octanol–water partition coefficient (Wildman–Crippen LogP) is 0.357. The van der Waals surface area contributed by atoms with E-state index < -0.39 is 83.5 Å². The molecule has 54 heavy (non-hydrogen) atoms. The maximum absolute atomic E-state index is 13.1. The summed E-state index contributed by atoms with van der Waals surface area (Å²) in [5, 5.41) is 40.9. The molecular weight excluding hydrogens is 719 g/mol. The summed E-state index contributed by atoms with van der Waals surface area (Å²) >= 11 is 0. The van der Waals surface area contributed by atoms with E-state index in [9.17, 15) is 43.5 Å². The summed E-state index contributed by atoms with van der Waals surface area (Å²) in [6.07, 6.45) is -1.12. The molecule has 6 N–H and O–H groups in total. The summed E-state index contributed by atoms with van der Waals surface area (Å²) in [4.78, 5) is 61.1. The number of carbonyl (C=O) groups is 5. The molecule has 1 saturated heterocycles. The maximum Gasteiger partial charge on any atom is 0.264 e. The molecule has 14 nitrogen and oxygen atoms in total. The van der Waals surface area contributed by atoms with Gasteiger partial charge in [-0.05, 0) is 65.9 Å². The van der Waals surface area contributed by atoms with Gasteiger partial charge in [0.15, 0.2) is 0 Å². The number of amides is 3. The number of ketones is 1. The highest BCUT2D eigenvalue weighted by Gasteiger charge is 2.55. The average molecular weight is 760 g/mol. The van der Waals surface area contributed by atoms with Crippen molar-refractivity contribution >= 4 is 40.6 Å². The van der Waals surface area contributed by atoms with Gasteiger partial charge in [0.05, 0.1) is 24.9 Å². The van der Waals surface area contributed by atoms with Gasteiger partial charge in [0, 0.05) is 65.4 Å². The number of aldehydes is 1. The second kappa shape index (κ2) is 19.7. The SMILES string of the molecule is C#CC(=O)C1(OCCCS(=O)CCNC(=O)c2ccc(C=O)cc2)CC(O)C(NC(C)=O)C(C(O)C(O)CNC(=O)c2ccc(-c3cc#ccc3)cc2)O1. The Morgan fingerprint density at radius 2 is 1.69 bits per heavy atom. The molecule has 3 amide bonds. The fourth-order valence-corrected chi connectivity index (χ4v) is 6.68. The van der Waals surface area contributed by atoms with E-state index in [-0.39, 0.29) is 36.6 Å². The highest BCUT2D eigenvalue weighted by Crippen LogP contribution is 2.34. The molecule has 0 saturated carbocycles. The van der Waals surface area contributed by atoms with Gasteiger partial charge in [0.1, 0.15) is 18.5 Å². The number of rotatable bonds is 18.